The maximum absolute atomic E-state index is 7.63. The first-order valence-corrected chi connectivity index (χ1v) is 9.96. The molecule has 3 N–H and O–H groups in total. The second-order valence-electron chi connectivity index (χ2n) is 5.04. The number of nitrogen functional groups attached to an aromatic ring is 1. The number of halogens is 1. The molecule has 3 aromatic rings. The van der Waals surface area contributed by atoms with E-state index >= 15 is 0 Å². The molecule has 25 heavy (non-hydrogen) atoms. The number of benzene rings is 1. The fraction of sp³-hybridized carbons (Fsp3) is 0.125. The number of fused-ring (bicyclic) bond motifs is 1. The summed E-state index contributed by atoms with van der Waals surface area (Å²) in [5.41, 5.74) is 8.55. The summed E-state index contributed by atoms with van der Waals surface area (Å²) in [6, 6.07) is 7.78. The summed E-state index contributed by atoms with van der Waals surface area (Å²) in [6.45, 7) is 0.265. The third kappa shape index (κ3) is 3.35. The number of nitrogens with zero attached hydrogens (tertiary/aromatic N) is 1. The molecular weight excluding hydrogens is 398 g/mol. The normalized spacial score (nSPS) is 12.0. The molecule has 0 amide bonds. The second-order valence-corrected chi connectivity index (χ2v) is 8.02. The van der Waals surface area contributed by atoms with Crippen molar-refractivity contribution >= 4 is 52.7 Å². The van der Waals surface area contributed by atoms with Crippen LogP contribution in [-0.2, 0) is 0 Å². The number of thioether (sulfide) groups is 1. The average molecular weight is 412 g/mol. The van der Waals surface area contributed by atoms with E-state index in [1.165, 1.54) is 11.3 Å². The van der Waals surface area contributed by atoms with Gasteiger partial charge in [0.1, 0.15) is 10.8 Å². The van der Waals surface area contributed by atoms with Gasteiger partial charge in [-0.25, -0.2) is 4.98 Å². The number of thiazole rings is 1. The van der Waals surface area contributed by atoms with Crippen molar-refractivity contribution in [1.82, 2.24) is 4.98 Å². The molecule has 9 heteroatoms. The first kappa shape index (κ1) is 18.1. The molecule has 0 atom stereocenters. The fourth-order valence-corrected chi connectivity index (χ4v) is 5.10. The third-order valence-electron chi connectivity index (χ3n) is 3.55. The second kappa shape index (κ2) is 7.25. The number of nitrogens with two attached hydrogens (primary N) is 1. The number of rotatable bonds is 4. The van der Waals surface area contributed by atoms with Crippen molar-refractivity contribution in [2.24, 2.45) is 5.73 Å². The van der Waals surface area contributed by atoms with Gasteiger partial charge in [-0.05, 0) is 30.5 Å². The predicted octanol–water partition coefficient (Wildman–Crippen LogP) is 4.70. The minimum absolute atomic E-state index is 0. The summed E-state index contributed by atoms with van der Waals surface area (Å²) in [5, 5.41) is 10.6. The molecule has 1 aliphatic rings. The van der Waals surface area contributed by atoms with Crippen LogP contribution >= 0.6 is 46.8 Å². The number of nitrogens with one attached hydrogen (secondary N) is 1. The van der Waals surface area contributed by atoms with Crippen LogP contribution < -0.4 is 15.2 Å². The Labute approximate surface area is 163 Å². The number of ether oxygens (including phenoxy) is 2. The topological polar surface area (TPSA) is 81.2 Å². The summed E-state index contributed by atoms with van der Waals surface area (Å²) in [4.78, 5) is 5.53. The number of aromatic nitrogens is 1. The van der Waals surface area contributed by atoms with Gasteiger partial charge < -0.3 is 15.2 Å². The van der Waals surface area contributed by atoms with E-state index in [1.54, 1.807) is 23.1 Å². The van der Waals surface area contributed by atoms with Crippen LogP contribution in [0.4, 0.5) is 0 Å². The quantitative estimate of drug-likeness (QED) is 0.369. The molecule has 0 saturated heterocycles. The van der Waals surface area contributed by atoms with E-state index in [-0.39, 0.29) is 25.0 Å². The molecule has 0 aliphatic carbocycles. The highest BCUT2D eigenvalue weighted by atomic mass is 35.5. The summed E-state index contributed by atoms with van der Waals surface area (Å²) in [5.74, 6) is 1.61. The monoisotopic (exact) mass is 411 g/mol. The van der Waals surface area contributed by atoms with Crippen molar-refractivity contribution in [1.29, 1.82) is 5.41 Å². The third-order valence-corrected chi connectivity index (χ3v) is 6.73. The Hall–Kier alpha value is -1.74. The molecule has 0 saturated carbocycles. The summed E-state index contributed by atoms with van der Waals surface area (Å²) >= 11 is 4.76. The number of thiophene rings is 1. The number of hydrogen-bond donors (Lipinski definition) is 2. The first-order valence-electron chi connectivity index (χ1n) is 7.04. The van der Waals surface area contributed by atoms with Gasteiger partial charge in [0.15, 0.2) is 11.5 Å². The maximum atomic E-state index is 7.63. The summed E-state index contributed by atoms with van der Waals surface area (Å²) < 4.78 is 11.9. The van der Waals surface area contributed by atoms with Crippen molar-refractivity contribution in [3.8, 4) is 33.3 Å². The predicted molar refractivity (Wildman–Crippen MR) is 107 cm³/mol. The van der Waals surface area contributed by atoms with Gasteiger partial charge >= 0.3 is 0 Å². The summed E-state index contributed by atoms with van der Waals surface area (Å²) in [6.07, 6.45) is 2.02. The van der Waals surface area contributed by atoms with Gasteiger partial charge in [0, 0.05) is 16.5 Å². The van der Waals surface area contributed by atoms with E-state index in [4.69, 9.17) is 25.6 Å². The molecule has 4 rings (SSSR count). The molecular formula is C16H14ClN3O2S3. The van der Waals surface area contributed by atoms with Gasteiger partial charge in [-0.1, -0.05) is 0 Å². The Morgan fingerprint density at radius 1 is 1.28 bits per heavy atom. The Morgan fingerprint density at radius 2 is 2.08 bits per heavy atom. The first-order chi connectivity index (χ1) is 11.7. The lowest BCUT2D eigenvalue weighted by molar-refractivity contribution is 0.174. The number of hydrogen-bond acceptors (Lipinski definition) is 7. The minimum atomic E-state index is 0. The van der Waals surface area contributed by atoms with E-state index in [1.807, 2.05) is 35.9 Å². The van der Waals surface area contributed by atoms with Crippen LogP contribution in [0.5, 0.6) is 11.5 Å². The highest BCUT2D eigenvalue weighted by Gasteiger charge is 2.18. The molecule has 5 nitrogen and oxygen atoms in total. The SMILES string of the molecule is CSc1sc(C(=N)N)cc1-c1nc(-c2ccc3c(c2)OCO3)cs1.Cl. The maximum Gasteiger partial charge on any atom is 0.231 e. The van der Waals surface area contributed by atoms with Gasteiger partial charge in [-0.3, -0.25) is 5.41 Å². The van der Waals surface area contributed by atoms with Crippen LogP contribution in [0.1, 0.15) is 4.88 Å². The van der Waals surface area contributed by atoms with Crippen molar-refractivity contribution in [3.63, 3.8) is 0 Å². The van der Waals surface area contributed by atoms with Crippen LogP contribution in [0.3, 0.4) is 0 Å². The van der Waals surface area contributed by atoms with E-state index < -0.39 is 0 Å². The van der Waals surface area contributed by atoms with E-state index in [9.17, 15) is 0 Å². The van der Waals surface area contributed by atoms with E-state index in [2.05, 4.69) is 0 Å². The molecule has 0 bridgehead atoms. The summed E-state index contributed by atoms with van der Waals surface area (Å²) in [7, 11) is 0. The van der Waals surface area contributed by atoms with Crippen molar-refractivity contribution in [3.05, 3.63) is 34.5 Å². The van der Waals surface area contributed by atoms with Gasteiger partial charge in [-0.15, -0.1) is 46.8 Å². The van der Waals surface area contributed by atoms with Crippen LogP contribution in [0.25, 0.3) is 21.8 Å². The fourth-order valence-electron chi connectivity index (χ4n) is 2.39. The minimum Gasteiger partial charge on any atom is -0.454 e. The molecule has 0 fully saturated rings. The molecule has 2 aromatic heterocycles. The van der Waals surface area contributed by atoms with Crippen molar-refractivity contribution in [2.45, 2.75) is 4.21 Å². The van der Waals surface area contributed by atoms with Crippen LogP contribution in [-0.4, -0.2) is 23.9 Å². The molecule has 3 heterocycles. The molecule has 0 unspecified atom stereocenters. The van der Waals surface area contributed by atoms with Gasteiger partial charge in [-0.2, -0.15) is 0 Å². The Morgan fingerprint density at radius 3 is 2.84 bits per heavy atom. The molecule has 1 aliphatic heterocycles. The van der Waals surface area contributed by atoms with Crippen LogP contribution in [0.2, 0.25) is 0 Å². The van der Waals surface area contributed by atoms with Crippen LogP contribution in [0.15, 0.2) is 33.9 Å². The Kier molecular flexibility index (Phi) is 5.24. The standard InChI is InChI=1S/C16H13N3O2S3.ClH/c1-22-16-9(5-13(24-16)14(17)18)15-19-10(6-23-15)8-2-3-11-12(4-8)21-7-20-11;/h2-6H,7H2,1H3,(H3,17,18);1H. The largest absolute Gasteiger partial charge is 0.454 e. The van der Waals surface area contributed by atoms with E-state index in [0.29, 0.717) is 0 Å². The van der Waals surface area contributed by atoms with E-state index in [0.717, 1.165) is 42.4 Å². The lowest BCUT2D eigenvalue weighted by atomic mass is 10.1. The number of amidine groups is 1. The molecule has 130 valence electrons. The zero-order valence-corrected chi connectivity index (χ0v) is 16.3. The highest BCUT2D eigenvalue weighted by molar-refractivity contribution is 8.00. The van der Waals surface area contributed by atoms with Gasteiger partial charge in [0.2, 0.25) is 6.79 Å². The van der Waals surface area contributed by atoms with Crippen LogP contribution in [0, 0.1) is 5.41 Å². The molecule has 1 aromatic carbocycles. The lowest BCUT2D eigenvalue weighted by Crippen LogP contribution is -2.08. The van der Waals surface area contributed by atoms with Crippen molar-refractivity contribution in [2.75, 3.05) is 13.0 Å². The molecule has 0 spiro atoms. The highest BCUT2D eigenvalue weighted by Crippen LogP contribution is 2.41. The Balaban J connectivity index is 0.00000182. The zero-order chi connectivity index (χ0) is 16.7. The zero-order valence-electron chi connectivity index (χ0n) is 13.1. The smallest absolute Gasteiger partial charge is 0.231 e. The van der Waals surface area contributed by atoms with Gasteiger partial charge in [0.05, 0.1) is 14.8 Å². The Bertz CT molecular complexity index is 939. The van der Waals surface area contributed by atoms with Crippen molar-refractivity contribution < 1.29 is 9.47 Å². The lowest BCUT2D eigenvalue weighted by Gasteiger charge is -2.00. The molecule has 0 radical (unpaired) electrons. The van der Waals surface area contributed by atoms with Gasteiger partial charge in [0.25, 0.3) is 0 Å². The average Bonchev–Trinajstić information content (AvgIpc) is 3.31.